The van der Waals surface area contributed by atoms with Gasteiger partial charge in [0.1, 0.15) is 17.2 Å². The fourth-order valence-electron chi connectivity index (χ4n) is 2.91. The van der Waals surface area contributed by atoms with E-state index >= 15 is 0 Å². The maximum atomic E-state index is 12.9. The number of para-hydroxylation sites is 1. The van der Waals surface area contributed by atoms with Crippen LogP contribution in [-0.2, 0) is 6.18 Å². The number of hydrogen-bond donors (Lipinski definition) is 2. The second-order valence-corrected chi connectivity index (χ2v) is 7.02. The molecule has 0 unspecified atom stereocenters. The highest BCUT2D eigenvalue weighted by Gasteiger charge is 2.31. The van der Waals surface area contributed by atoms with Crippen molar-refractivity contribution in [3.8, 4) is 17.1 Å². The van der Waals surface area contributed by atoms with Crippen LogP contribution in [0.3, 0.4) is 0 Å². The number of aromatic amines is 1. The number of hydrogen-bond acceptors (Lipinski definition) is 4. The van der Waals surface area contributed by atoms with Gasteiger partial charge in [-0.05, 0) is 36.4 Å². The molecular formula is C21H13ClF3N5O2. The van der Waals surface area contributed by atoms with Gasteiger partial charge in [0, 0.05) is 12.1 Å². The van der Waals surface area contributed by atoms with E-state index in [1.807, 2.05) is 0 Å². The Labute approximate surface area is 183 Å². The lowest BCUT2D eigenvalue weighted by atomic mass is 10.1. The molecule has 0 fully saturated rings. The minimum Gasteiger partial charge on any atom is -0.306 e. The van der Waals surface area contributed by atoms with Gasteiger partial charge in [-0.3, -0.25) is 9.59 Å². The van der Waals surface area contributed by atoms with Crippen LogP contribution in [0.2, 0.25) is 5.02 Å². The topological polar surface area (TPSA) is 92.7 Å². The largest absolute Gasteiger partial charge is 0.416 e. The van der Waals surface area contributed by atoms with E-state index in [2.05, 4.69) is 20.6 Å². The first-order chi connectivity index (χ1) is 15.2. The second-order valence-electron chi connectivity index (χ2n) is 6.62. The molecule has 1 amide bonds. The summed E-state index contributed by atoms with van der Waals surface area (Å²) in [6.07, 6.45) is -4.58. The van der Waals surface area contributed by atoms with Crippen LogP contribution in [-0.4, -0.2) is 25.9 Å². The number of anilines is 1. The maximum Gasteiger partial charge on any atom is 0.416 e. The van der Waals surface area contributed by atoms with Crippen LogP contribution in [0.5, 0.6) is 0 Å². The normalized spacial score (nSPS) is 11.4. The Kier molecular flexibility index (Phi) is 5.54. The van der Waals surface area contributed by atoms with Crippen LogP contribution in [0.15, 0.2) is 71.5 Å². The van der Waals surface area contributed by atoms with E-state index in [4.69, 9.17) is 11.6 Å². The van der Waals surface area contributed by atoms with E-state index in [0.717, 1.165) is 12.1 Å². The van der Waals surface area contributed by atoms with E-state index < -0.39 is 17.6 Å². The lowest BCUT2D eigenvalue weighted by Gasteiger charge is -2.11. The number of carbonyl (C=O) groups is 1. The predicted molar refractivity (Wildman–Crippen MR) is 112 cm³/mol. The molecule has 2 N–H and O–H groups in total. The highest BCUT2D eigenvalue weighted by atomic mass is 35.5. The molecule has 0 spiro atoms. The van der Waals surface area contributed by atoms with Gasteiger partial charge in [-0.25, -0.2) is 9.78 Å². The van der Waals surface area contributed by atoms with Crippen LogP contribution in [0, 0.1) is 0 Å². The van der Waals surface area contributed by atoms with Gasteiger partial charge >= 0.3 is 6.18 Å². The summed E-state index contributed by atoms with van der Waals surface area (Å²) in [7, 11) is 0. The number of amides is 1. The summed E-state index contributed by atoms with van der Waals surface area (Å²) in [5, 5.41) is 12.9. The standard InChI is InChI=1S/C21H13ClF3N5O2/c22-15-10-12(21(23,24)25)6-7-14(15)20(32)26-18-11-17(16-8-9-19(31)28-27-16)29-30(18)13-4-2-1-3-5-13/h1-11H,(H,26,32)(H,28,31). The van der Waals surface area contributed by atoms with E-state index in [1.54, 1.807) is 30.3 Å². The number of nitrogens with one attached hydrogen (secondary N) is 2. The van der Waals surface area contributed by atoms with Crippen molar-refractivity contribution in [2.75, 3.05) is 5.32 Å². The molecule has 0 saturated heterocycles. The Morgan fingerprint density at radius 1 is 1.00 bits per heavy atom. The first-order valence-electron chi connectivity index (χ1n) is 9.12. The molecule has 4 rings (SSSR count). The number of rotatable bonds is 4. The summed E-state index contributed by atoms with van der Waals surface area (Å²) in [6.45, 7) is 0. The lowest BCUT2D eigenvalue weighted by Crippen LogP contribution is -2.16. The SMILES string of the molecule is O=C(Nc1cc(-c2ccc(=O)[nH]n2)nn1-c1ccccc1)c1ccc(C(F)(F)F)cc1Cl. The quantitative estimate of drug-likeness (QED) is 0.468. The van der Waals surface area contributed by atoms with Crippen molar-refractivity contribution in [3.05, 3.63) is 93.2 Å². The molecule has 2 aromatic carbocycles. The zero-order valence-electron chi connectivity index (χ0n) is 16.0. The summed E-state index contributed by atoms with van der Waals surface area (Å²) >= 11 is 5.94. The number of halogens is 4. The Morgan fingerprint density at radius 3 is 2.38 bits per heavy atom. The summed E-state index contributed by atoms with van der Waals surface area (Å²) in [5.74, 6) is -0.498. The average Bonchev–Trinajstić information content (AvgIpc) is 3.17. The second kappa shape index (κ2) is 8.31. The molecule has 0 aliphatic carbocycles. The third-order valence-corrected chi connectivity index (χ3v) is 4.75. The molecule has 0 radical (unpaired) electrons. The molecule has 2 heterocycles. The Bertz CT molecular complexity index is 1330. The minimum atomic E-state index is -4.58. The van der Waals surface area contributed by atoms with Crippen LogP contribution < -0.4 is 10.9 Å². The molecule has 0 bridgehead atoms. The molecule has 0 aliphatic rings. The van der Waals surface area contributed by atoms with Crippen molar-refractivity contribution in [1.29, 1.82) is 0 Å². The molecular weight excluding hydrogens is 447 g/mol. The zero-order valence-corrected chi connectivity index (χ0v) is 16.8. The van der Waals surface area contributed by atoms with Crippen molar-refractivity contribution >= 4 is 23.3 Å². The number of alkyl halides is 3. The lowest BCUT2D eigenvalue weighted by molar-refractivity contribution is -0.137. The monoisotopic (exact) mass is 459 g/mol. The van der Waals surface area contributed by atoms with Crippen molar-refractivity contribution < 1.29 is 18.0 Å². The van der Waals surface area contributed by atoms with Crippen molar-refractivity contribution in [2.45, 2.75) is 6.18 Å². The fraction of sp³-hybridized carbons (Fsp3) is 0.0476. The molecule has 162 valence electrons. The van der Waals surface area contributed by atoms with Gasteiger partial charge in [0.2, 0.25) is 0 Å². The van der Waals surface area contributed by atoms with E-state index in [1.165, 1.54) is 22.9 Å². The fourth-order valence-corrected chi connectivity index (χ4v) is 3.17. The summed E-state index contributed by atoms with van der Waals surface area (Å²) in [5.41, 5.74) is -0.177. The molecule has 11 heteroatoms. The number of nitrogens with zero attached hydrogens (tertiary/aromatic N) is 3. The predicted octanol–water partition coefficient (Wildman–Crippen LogP) is 4.55. The number of H-pyrrole nitrogens is 1. The third kappa shape index (κ3) is 4.40. The zero-order chi connectivity index (χ0) is 22.9. The molecule has 7 nitrogen and oxygen atoms in total. The van der Waals surface area contributed by atoms with Crippen LogP contribution >= 0.6 is 11.6 Å². The maximum absolute atomic E-state index is 12.9. The van der Waals surface area contributed by atoms with Gasteiger partial charge in [-0.2, -0.15) is 23.4 Å². The minimum absolute atomic E-state index is 0.135. The van der Waals surface area contributed by atoms with Crippen LogP contribution in [0.25, 0.3) is 17.1 Å². The molecule has 32 heavy (non-hydrogen) atoms. The molecule has 0 aliphatic heterocycles. The van der Waals surface area contributed by atoms with Crippen molar-refractivity contribution in [2.24, 2.45) is 0 Å². The van der Waals surface area contributed by atoms with Crippen LogP contribution in [0.4, 0.5) is 19.0 Å². The molecule has 0 saturated carbocycles. The average molecular weight is 460 g/mol. The van der Waals surface area contributed by atoms with Gasteiger partial charge in [0.05, 0.1) is 21.8 Å². The highest BCUT2D eigenvalue weighted by molar-refractivity contribution is 6.34. The number of aromatic nitrogens is 4. The number of benzene rings is 2. The van der Waals surface area contributed by atoms with Gasteiger partial charge < -0.3 is 5.32 Å². The Balaban J connectivity index is 1.72. The molecule has 2 aromatic heterocycles. The summed E-state index contributed by atoms with van der Waals surface area (Å²) in [4.78, 5) is 24.1. The van der Waals surface area contributed by atoms with Gasteiger partial charge in [0.15, 0.2) is 0 Å². The molecule has 4 aromatic rings. The van der Waals surface area contributed by atoms with Gasteiger partial charge in [-0.15, -0.1) is 0 Å². The smallest absolute Gasteiger partial charge is 0.306 e. The summed E-state index contributed by atoms with van der Waals surface area (Å²) < 4.78 is 40.1. The van der Waals surface area contributed by atoms with Gasteiger partial charge in [-0.1, -0.05) is 29.8 Å². The first kappa shape index (κ1) is 21.3. The van der Waals surface area contributed by atoms with Crippen molar-refractivity contribution in [1.82, 2.24) is 20.0 Å². The van der Waals surface area contributed by atoms with E-state index in [0.29, 0.717) is 23.1 Å². The van der Waals surface area contributed by atoms with Crippen molar-refractivity contribution in [3.63, 3.8) is 0 Å². The Morgan fingerprint density at radius 2 is 1.75 bits per heavy atom. The molecule has 0 atom stereocenters. The number of carbonyl (C=O) groups excluding carboxylic acids is 1. The van der Waals surface area contributed by atoms with Gasteiger partial charge in [0.25, 0.3) is 11.5 Å². The highest BCUT2D eigenvalue weighted by Crippen LogP contribution is 2.32. The first-order valence-corrected chi connectivity index (χ1v) is 9.50. The van der Waals surface area contributed by atoms with E-state index in [9.17, 15) is 22.8 Å². The summed E-state index contributed by atoms with van der Waals surface area (Å²) in [6, 6.07) is 15.6. The van der Waals surface area contributed by atoms with E-state index in [-0.39, 0.29) is 22.0 Å². The van der Waals surface area contributed by atoms with Crippen LogP contribution in [0.1, 0.15) is 15.9 Å². The third-order valence-electron chi connectivity index (χ3n) is 4.43. The Hall–Kier alpha value is -3.92.